The van der Waals surface area contributed by atoms with E-state index in [1.807, 2.05) is 6.07 Å². The highest BCUT2D eigenvalue weighted by molar-refractivity contribution is 6.46. The van der Waals surface area contributed by atoms with Crippen molar-refractivity contribution >= 4 is 40.7 Å². The first kappa shape index (κ1) is 12.2. The predicted molar refractivity (Wildman–Crippen MR) is 74.0 cm³/mol. The molecule has 2 aromatic carbocycles. The zero-order chi connectivity index (χ0) is 13.6. The van der Waals surface area contributed by atoms with E-state index in [0.717, 1.165) is 4.90 Å². The van der Waals surface area contributed by atoms with E-state index in [-0.39, 0.29) is 21.2 Å². The van der Waals surface area contributed by atoms with Gasteiger partial charge in [-0.1, -0.05) is 41.4 Å². The predicted octanol–water partition coefficient (Wildman–Crippen LogP) is 3.79. The summed E-state index contributed by atoms with van der Waals surface area (Å²) in [5.41, 5.74) is 0.840. The van der Waals surface area contributed by atoms with Crippen LogP contribution >= 0.6 is 23.2 Å². The van der Waals surface area contributed by atoms with Gasteiger partial charge in [-0.15, -0.1) is 0 Å². The van der Waals surface area contributed by atoms with Crippen molar-refractivity contribution in [3.63, 3.8) is 0 Å². The Bertz CT molecular complexity index is 657. The second kappa shape index (κ2) is 4.37. The zero-order valence-corrected chi connectivity index (χ0v) is 11.1. The number of rotatable bonds is 1. The summed E-state index contributed by atoms with van der Waals surface area (Å²) in [7, 11) is 0. The number of fused-ring (bicyclic) bond motifs is 1. The van der Waals surface area contributed by atoms with E-state index in [4.69, 9.17) is 23.2 Å². The van der Waals surface area contributed by atoms with Gasteiger partial charge in [0.25, 0.3) is 11.8 Å². The molecule has 1 aliphatic heterocycles. The third kappa shape index (κ3) is 1.74. The molecule has 0 radical (unpaired) electrons. The zero-order valence-electron chi connectivity index (χ0n) is 9.56. The number of carbonyl (C=O) groups is 2. The van der Waals surface area contributed by atoms with E-state index < -0.39 is 11.8 Å². The fourth-order valence-electron chi connectivity index (χ4n) is 2.10. The van der Waals surface area contributed by atoms with Crippen molar-refractivity contribution in [3.05, 3.63) is 63.6 Å². The van der Waals surface area contributed by atoms with Crippen LogP contribution in [0.1, 0.15) is 20.7 Å². The first-order valence-corrected chi connectivity index (χ1v) is 6.28. The lowest BCUT2D eigenvalue weighted by Crippen LogP contribution is -2.29. The molecule has 0 spiro atoms. The van der Waals surface area contributed by atoms with Crippen molar-refractivity contribution in [2.45, 2.75) is 0 Å². The monoisotopic (exact) mass is 291 g/mol. The maximum atomic E-state index is 12.3. The topological polar surface area (TPSA) is 37.4 Å². The molecular formula is C14H7Cl2NO2. The van der Waals surface area contributed by atoms with E-state index >= 15 is 0 Å². The van der Waals surface area contributed by atoms with Gasteiger partial charge in [-0.05, 0) is 24.3 Å². The summed E-state index contributed by atoms with van der Waals surface area (Å²) in [4.78, 5) is 25.8. The number of benzene rings is 2. The van der Waals surface area contributed by atoms with Crippen LogP contribution in [0, 0.1) is 0 Å². The Hall–Kier alpha value is -1.84. The average Bonchev–Trinajstić information content (AvgIpc) is 2.68. The van der Waals surface area contributed by atoms with Gasteiger partial charge in [0.2, 0.25) is 0 Å². The maximum absolute atomic E-state index is 12.3. The molecule has 94 valence electrons. The lowest BCUT2D eigenvalue weighted by Gasteiger charge is -2.13. The number of hydrogen-bond donors (Lipinski definition) is 0. The summed E-state index contributed by atoms with van der Waals surface area (Å²) in [6.45, 7) is 0. The van der Waals surface area contributed by atoms with Gasteiger partial charge in [-0.2, -0.15) is 0 Å². The molecule has 0 aliphatic carbocycles. The third-order valence-corrected chi connectivity index (χ3v) is 3.58. The lowest BCUT2D eigenvalue weighted by atomic mass is 10.1. The van der Waals surface area contributed by atoms with Crippen LogP contribution in [0.3, 0.4) is 0 Å². The van der Waals surface area contributed by atoms with Crippen LogP contribution in [-0.4, -0.2) is 11.8 Å². The quantitative estimate of drug-likeness (QED) is 0.750. The molecule has 1 aliphatic rings. The Kier molecular flexibility index (Phi) is 2.81. The smallest absolute Gasteiger partial charge is 0.267 e. The summed E-state index contributed by atoms with van der Waals surface area (Å²) in [5, 5.41) is 0.465. The molecule has 2 aromatic rings. The number of imide groups is 1. The molecule has 2 amide bonds. The summed E-state index contributed by atoms with van der Waals surface area (Å²) < 4.78 is 0. The molecule has 0 fully saturated rings. The van der Waals surface area contributed by atoms with Crippen LogP contribution in [-0.2, 0) is 0 Å². The van der Waals surface area contributed by atoms with Gasteiger partial charge >= 0.3 is 0 Å². The van der Waals surface area contributed by atoms with Crippen molar-refractivity contribution in [2.24, 2.45) is 0 Å². The summed E-state index contributed by atoms with van der Waals surface area (Å²) in [6, 6.07) is 11.7. The normalized spacial score (nSPS) is 13.9. The van der Waals surface area contributed by atoms with E-state index in [9.17, 15) is 9.59 Å². The Morgan fingerprint density at radius 2 is 1.21 bits per heavy atom. The Morgan fingerprint density at radius 3 is 1.68 bits per heavy atom. The minimum absolute atomic E-state index is 0.169. The van der Waals surface area contributed by atoms with Crippen LogP contribution in [0.15, 0.2) is 42.5 Å². The van der Waals surface area contributed by atoms with Gasteiger partial charge in [0.1, 0.15) is 0 Å². The van der Waals surface area contributed by atoms with Crippen LogP contribution in [0.2, 0.25) is 10.0 Å². The SMILES string of the molecule is O=C1c2c(Cl)ccc(Cl)c2C(=O)N1c1ccccc1. The van der Waals surface area contributed by atoms with Crippen molar-refractivity contribution in [3.8, 4) is 0 Å². The second-order valence-corrected chi connectivity index (χ2v) is 4.87. The Morgan fingerprint density at radius 1 is 0.737 bits per heavy atom. The maximum Gasteiger partial charge on any atom is 0.267 e. The summed E-state index contributed by atoms with van der Waals surface area (Å²) in [6.07, 6.45) is 0. The van der Waals surface area contributed by atoms with Crippen molar-refractivity contribution in [1.82, 2.24) is 0 Å². The Balaban J connectivity index is 2.21. The summed E-state index contributed by atoms with van der Waals surface area (Å²) in [5.74, 6) is -0.891. The first-order valence-electron chi connectivity index (χ1n) is 5.53. The van der Waals surface area contributed by atoms with E-state index in [1.165, 1.54) is 12.1 Å². The number of halogens is 2. The number of nitrogens with zero attached hydrogens (tertiary/aromatic N) is 1. The molecule has 0 N–H and O–H groups in total. The standard InChI is InChI=1S/C14H7Cl2NO2/c15-9-6-7-10(16)12-11(9)13(18)17(14(12)19)8-4-2-1-3-5-8/h1-7H. The summed E-state index contributed by atoms with van der Waals surface area (Å²) >= 11 is 12.0. The molecule has 1 heterocycles. The number of carbonyl (C=O) groups excluding carboxylic acids is 2. The highest BCUT2D eigenvalue weighted by Gasteiger charge is 2.39. The lowest BCUT2D eigenvalue weighted by molar-refractivity contribution is 0.0926. The average molecular weight is 292 g/mol. The largest absolute Gasteiger partial charge is 0.268 e. The molecule has 0 aromatic heterocycles. The molecule has 19 heavy (non-hydrogen) atoms. The van der Waals surface area contributed by atoms with Gasteiger partial charge < -0.3 is 0 Å². The molecule has 0 saturated heterocycles. The van der Waals surface area contributed by atoms with E-state index in [1.54, 1.807) is 24.3 Å². The van der Waals surface area contributed by atoms with Gasteiger partial charge in [0, 0.05) is 0 Å². The fraction of sp³-hybridized carbons (Fsp3) is 0. The van der Waals surface area contributed by atoms with Gasteiger partial charge in [0.15, 0.2) is 0 Å². The number of hydrogen-bond acceptors (Lipinski definition) is 2. The molecule has 0 unspecified atom stereocenters. The molecular weight excluding hydrogens is 285 g/mol. The van der Waals surface area contributed by atoms with Crippen molar-refractivity contribution in [1.29, 1.82) is 0 Å². The molecule has 3 nitrogen and oxygen atoms in total. The second-order valence-electron chi connectivity index (χ2n) is 4.06. The highest BCUT2D eigenvalue weighted by Crippen LogP contribution is 2.36. The molecule has 5 heteroatoms. The van der Waals surface area contributed by atoms with E-state index in [0.29, 0.717) is 5.69 Å². The van der Waals surface area contributed by atoms with Crippen molar-refractivity contribution in [2.75, 3.05) is 4.90 Å². The van der Waals surface area contributed by atoms with Gasteiger partial charge in [-0.25, -0.2) is 4.90 Å². The molecule has 0 saturated carbocycles. The molecule has 3 rings (SSSR count). The van der Waals surface area contributed by atoms with E-state index in [2.05, 4.69) is 0 Å². The number of amides is 2. The minimum atomic E-state index is -0.446. The number of anilines is 1. The molecule has 0 atom stereocenters. The third-order valence-electron chi connectivity index (χ3n) is 2.95. The minimum Gasteiger partial charge on any atom is -0.268 e. The van der Waals surface area contributed by atoms with Crippen LogP contribution in [0.5, 0.6) is 0 Å². The fourth-order valence-corrected chi connectivity index (χ4v) is 2.57. The number of para-hydroxylation sites is 1. The van der Waals surface area contributed by atoms with Gasteiger partial charge in [0.05, 0.1) is 26.9 Å². The highest BCUT2D eigenvalue weighted by atomic mass is 35.5. The van der Waals surface area contributed by atoms with Crippen LogP contribution in [0.4, 0.5) is 5.69 Å². The van der Waals surface area contributed by atoms with Crippen LogP contribution in [0.25, 0.3) is 0 Å². The van der Waals surface area contributed by atoms with Crippen molar-refractivity contribution < 1.29 is 9.59 Å². The van der Waals surface area contributed by atoms with Crippen LogP contribution < -0.4 is 4.90 Å². The first-order chi connectivity index (χ1) is 9.11. The molecule has 0 bridgehead atoms. The van der Waals surface area contributed by atoms with Gasteiger partial charge in [-0.3, -0.25) is 9.59 Å². The Labute approximate surface area is 119 Å².